The lowest BCUT2D eigenvalue weighted by Crippen LogP contribution is -1.87. The first-order valence-corrected chi connectivity index (χ1v) is 18.6. The van der Waals surface area contributed by atoms with Gasteiger partial charge in [-0.1, -0.05) is 121 Å². The number of nitrogens with zero attached hydrogens (tertiary/aromatic N) is 2. The maximum absolute atomic E-state index is 6.59. The number of aromatic nitrogens is 2. The Morgan fingerprint density at radius 1 is 0.431 bits per heavy atom. The van der Waals surface area contributed by atoms with E-state index in [-0.39, 0.29) is 0 Å². The zero-order valence-corrected chi connectivity index (χ0v) is 28.8. The van der Waals surface area contributed by atoms with Crippen LogP contribution >= 0.6 is 22.7 Å². The van der Waals surface area contributed by atoms with E-state index in [1.54, 1.807) is 0 Å². The Bertz CT molecular complexity index is 3170. The molecule has 0 fully saturated rings. The molecule has 0 saturated carbocycles. The third kappa shape index (κ3) is 4.49. The fourth-order valence-electron chi connectivity index (χ4n) is 7.57. The fraction of sp³-hybridized carbons (Fsp3) is 0. The van der Waals surface area contributed by atoms with E-state index in [9.17, 15) is 0 Å². The van der Waals surface area contributed by atoms with E-state index in [1.165, 1.54) is 57.0 Å². The van der Waals surface area contributed by atoms with Gasteiger partial charge in [-0.25, -0.2) is 9.97 Å². The molecular weight excluding hydrogens is 661 g/mol. The highest BCUT2D eigenvalue weighted by Crippen LogP contribution is 2.43. The molecule has 0 aliphatic carbocycles. The van der Waals surface area contributed by atoms with E-state index in [0.29, 0.717) is 5.71 Å². The molecule has 0 unspecified atom stereocenters. The SMILES string of the molecule is c1cc(-c2cnc3c(n2)oc2c(-c4cccc(-c5cccc6c5sc5ccccc56)c4)cccc23)cc(-c2cccc3c2sc2ccccc23)c1. The second kappa shape index (κ2) is 11.2. The fourth-order valence-corrected chi connectivity index (χ4v) is 10.1. The highest BCUT2D eigenvalue weighted by atomic mass is 32.1. The van der Waals surface area contributed by atoms with E-state index in [2.05, 4.69) is 152 Å². The summed E-state index contributed by atoms with van der Waals surface area (Å²) in [6.45, 7) is 0. The van der Waals surface area contributed by atoms with Crippen molar-refractivity contribution in [1.29, 1.82) is 0 Å². The van der Waals surface area contributed by atoms with E-state index >= 15 is 0 Å². The van der Waals surface area contributed by atoms with E-state index in [4.69, 9.17) is 14.4 Å². The summed E-state index contributed by atoms with van der Waals surface area (Å²) in [6, 6.07) is 54.2. The molecule has 4 aromatic heterocycles. The molecule has 0 amide bonds. The molecule has 0 aliphatic heterocycles. The van der Waals surface area contributed by atoms with E-state index in [1.807, 2.05) is 28.9 Å². The Morgan fingerprint density at radius 3 is 1.57 bits per heavy atom. The number of hydrogen-bond donors (Lipinski definition) is 0. The van der Waals surface area contributed by atoms with Crippen molar-refractivity contribution >= 4 is 85.2 Å². The van der Waals surface area contributed by atoms with Crippen molar-refractivity contribution in [2.45, 2.75) is 0 Å². The van der Waals surface area contributed by atoms with Crippen LogP contribution in [0.2, 0.25) is 0 Å². The molecule has 0 N–H and O–H groups in total. The minimum Gasteiger partial charge on any atom is -0.436 e. The smallest absolute Gasteiger partial charge is 0.246 e. The van der Waals surface area contributed by atoms with Crippen LogP contribution in [0.5, 0.6) is 0 Å². The van der Waals surface area contributed by atoms with Gasteiger partial charge in [-0.2, -0.15) is 0 Å². The average Bonchev–Trinajstić information content (AvgIpc) is 3.89. The van der Waals surface area contributed by atoms with Crippen LogP contribution in [0, 0.1) is 0 Å². The molecule has 0 spiro atoms. The molecular formula is C46H26N2OS2. The van der Waals surface area contributed by atoms with Crippen molar-refractivity contribution in [1.82, 2.24) is 9.97 Å². The van der Waals surface area contributed by atoms with Crippen LogP contribution in [0.3, 0.4) is 0 Å². The van der Waals surface area contributed by atoms with Crippen LogP contribution in [0.1, 0.15) is 0 Å². The molecule has 0 atom stereocenters. The van der Waals surface area contributed by atoms with Crippen LogP contribution < -0.4 is 0 Å². The number of hydrogen-bond acceptors (Lipinski definition) is 5. The Morgan fingerprint density at radius 2 is 0.922 bits per heavy atom. The third-order valence-electron chi connectivity index (χ3n) is 9.97. The zero-order chi connectivity index (χ0) is 33.5. The molecule has 0 radical (unpaired) electrons. The zero-order valence-electron chi connectivity index (χ0n) is 27.1. The highest BCUT2D eigenvalue weighted by molar-refractivity contribution is 7.26. The molecule has 7 aromatic carbocycles. The van der Waals surface area contributed by atoms with Crippen molar-refractivity contribution in [3.8, 4) is 44.6 Å². The number of rotatable bonds is 4. The maximum Gasteiger partial charge on any atom is 0.246 e. The Hall–Kier alpha value is -6.14. The topological polar surface area (TPSA) is 38.9 Å². The second-order valence-electron chi connectivity index (χ2n) is 12.9. The molecule has 238 valence electrons. The number of para-hydroxylation sites is 1. The highest BCUT2D eigenvalue weighted by Gasteiger charge is 2.18. The molecule has 5 heteroatoms. The lowest BCUT2D eigenvalue weighted by Gasteiger charge is -2.08. The van der Waals surface area contributed by atoms with Gasteiger partial charge in [0.15, 0.2) is 0 Å². The Labute approximate surface area is 300 Å². The largest absolute Gasteiger partial charge is 0.436 e. The normalized spacial score (nSPS) is 11.9. The van der Waals surface area contributed by atoms with Gasteiger partial charge in [-0.05, 0) is 58.1 Å². The number of fused-ring (bicyclic) bond motifs is 9. The summed E-state index contributed by atoms with van der Waals surface area (Å²) in [5.74, 6) is 0. The molecule has 11 rings (SSSR count). The maximum atomic E-state index is 6.59. The van der Waals surface area contributed by atoms with Crippen LogP contribution in [0.4, 0.5) is 0 Å². The summed E-state index contributed by atoms with van der Waals surface area (Å²) < 4.78 is 11.8. The van der Waals surface area contributed by atoms with Gasteiger partial charge in [0, 0.05) is 56.9 Å². The van der Waals surface area contributed by atoms with Crippen molar-refractivity contribution in [3.05, 3.63) is 158 Å². The number of thiophene rings is 2. The molecule has 3 nitrogen and oxygen atoms in total. The van der Waals surface area contributed by atoms with Crippen molar-refractivity contribution < 1.29 is 4.42 Å². The first-order chi connectivity index (χ1) is 25.3. The van der Waals surface area contributed by atoms with Gasteiger partial charge in [0.2, 0.25) is 5.71 Å². The van der Waals surface area contributed by atoms with Gasteiger partial charge in [-0.3, -0.25) is 0 Å². The minimum absolute atomic E-state index is 0.540. The minimum atomic E-state index is 0.540. The molecule has 0 aliphatic rings. The standard InChI is InChI=1S/C46H26N2OS2/c1-3-22-40-34(14-1)36-19-8-17-32(44(36)50-40)28-11-5-10-27(24-28)31-16-7-21-38-42-46(49-43(31)38)48-39(26-47-42)30-13-6-12-29(25-30)33-18-9-20-37-35-15-2-4-23-41(35)51-45(33)37/h1-26H. The summed E-state index contributed by atoms with van der Waals surface area (Å²) in [4.78, 5) is 9.97. The van der Waals surface area contributed by atoms with Gasteiger partial charge < -0.3 is 4.42 Å². The van der Waals surface area contributed by atoms with Gasteiger partial charge in [0.1, 0.15) is 11.1 Å². The number of furan rings is 1. The molecule has 11 aromatic rings. The average molecular weight is 687 g/mol. The molecule has 51 heavy (non-hydrogen) atoms. The van der Waals surface area contributed by atoms with Crippen LogP contribution in [-0.2, 0) is 0 Å². The lowest BCUT2D eigenvalue weighted by atomic mass is 9.97. The summed E-state index contributed by atoms with van der Waals surface area (Å²) in [6.07, 6.45) is 1.87. The second-order valence-corrected chi connectivity index (χ2v) is 15.0. The van der Waals surface area contributed by atoms with Gasteiger partial charge >= 0.3 is 0 Å². The van der Waals surface area contributed by atoms with Crippen LogP contribution in [0.25, 0.3) is 107 Å². The van der Waals surface area contributed by atoms with E-state index in [0.717, 1.165) is 44.4 Å². The van der Waals surface area contributed by atoms with Crippen LogP contribution in [-0.4, -0.2) is 9.97 Å². The summed E-state index contributed by atoms with van der Waals surface area (Å²) in [5, 5.41) is 6.16. The number of benzene rings is 7. The summed E-state index contributed by atoms with van der Waals surface area (Å²) >= 11 is 3.70. The molecule has 0 bridgehead atoms. The summed E-state index contributed by atoms with van der Waals surface area (Å²) in [7, 11) is 0. The van der Waals surface area contributed by atoms with E-state index < -0.39 is 0 Å². The molecule has 4 heterocycles. The van der Waals surface area contributed by atoms with Gasteiger partial charge in [0.25, 0.3) is 0 Å². The first-order valence-electron chi connectivity index (χ1n) is 17.0. The van der Waals surface area contributed by atoms with Crippen molar-refractivity contribution in [3.63, 3.8) is 0 Å². The van der Waals surface area contributed by atoms with Gasteiger partial charge in [-0.15, -0.1) is 22.7 Å². The summed E-state index contributed by atoms with van der Waals surface area (Å²) in [5.41, 5.74) is 10.8. The monoisotopic (exact) mass is 686 g/mol. The quantitative estimate of drug-likeness (QED) is 0.185. The van der Waals surface area contributed by atoms with Crippen LogP contribution in [0.15, 0.2) is 162 Å². The predicted molar refractivity (Wildman–Crippen MR) is 217 cm³/mol. The van der Waals surface area contributed by atoms with Crippen molar-refractivity contribution in [2.75, 3.05) is 0 Å². The first kappa shape index (κ1) is 28.7. The van der Waals surface area contributed by atoms with Crippen molar-refractivity contribution in [2.24, 2.45) is 0 Å². The Kier molecular flexibility index (Phi) is 6.29. The Balaban J connectivity index is 1.000. The third-order valence-corrected chi connectivity index (χ3v) is 12.4. The molecule has 0 saturated heterocycles. The van der Waals surface area contributed by atoms with Gasteiger partial charge in [0.05, 0.1) is 11.9 Å². The lowest BCUT2D eigenvalue weighted by molar-refractivity contribution is 0.654. The predicted octanol–water partition coefficient (Wildman–Crippen LogP) is 13.8.